The van der Waals surface area contributed by atoms with Gasteiger partial charge in [-0.25, -0.2) is 0 Å². The number of nitrogens with zero attached hydrogens (tertiary/aromatic N) is 2. The lowest BCUT2D eigenvalue weighted by Crippen LogP contribution is -2.44. The van der Waals surface area contributed by atoms with Gasteiger partial charge in [0.2, 0.25) is 11.8 Å². The average molecular weight is 304 g/mol. The van der Waals surface area contributed by atoms with Crippen molar-refractivity contribution in [3.8, 4) is 0 Å². The Labute approximate surface area is 133 Å². The van der Waals surface area contributed by atoms with Crippen molar-refractivity contribution in [3.63, 3.8) is 0 Å². The van der Waals surface area contributed by atoms with Gasteiger partial charge in [0.15, 0.2) is 0 Å². The van der Waals surface area contributed by atoms with Gasteiger partial charge >= 0.3 is 0 Å². The molecule has 4 aliphatic rings. The summed E-state index contributed by atoms with van der Waals surface area (Å²) in [7, 11) is 0. The number of rotatable bonds is 3. The van der Waals surface area contributed by atoms with E-state index in [9.17, 15) is 9.59 Å². The number of likely N-dealkylation sites (tertiary alicyclic amines) is 2. The molecule has 0 bridgehead atoms. The lowest BCUT2D eigenvalue weighted by molar-refractivity contribution is -0.135. The van der Waals surface area contributed by atoms with Crippen molar-refractivity contribution in [2.75, 3.05) is 26.2 Å². The fraction of sp³-hybridized carbons (Fsp3) is 0.889. The molecule has 4 rings (SSSR count). The molecule has 0 unspecified atom stereocenters. The van der Waals surface area contributed by atoms with Crippen molar-refractivity contribution in [2.24, 2.45) is 17.3 Å². The summed E-state index contributed by atoms with van der Waals surface area (Å²) in [5.74, 6) is 1.91. The quantitative estimate of drug-likeness (QED) is 0.803. The summed E-state index contributed by atoms with van der Waals surface area (Å²) in [4.78, 5) is 28.8. The Hall–Kier alpha value is -1.06. The van der Waals surface area contributed by atoms with Gasteiger partial charge in [-0.15, -0.1) is 0 Å². The van der Waals surface area contributed by atoms with Gasteiger partial charge in [-0.2, -0.15) is 0 Å². The molecular formula is C18H28N2O2. The first-order chi connectivity index (χ1) is 10.7. The third-order valence-electron chi connectivity index (χ3n) is 6.37. The lowest BCUT2D eigenvalue weighted by atomic mass is 9.73. The maximum absolute atomic E-state index is 12.3. The molecule has 2 aliphatic heterocycles. The van der Waals surface area contributed by atoms with E-state index in [1.807, 2.05) is 0 Å². The van der Waals surface area contributed by atoms with Gasteiger partial charge in [0, 0.05) is 38.5 Å². The smallest absolute Gasteiger partial charge is 0.225 e. The second-order valence-electron chi connectivity index (χ2n) is 8.13. The van der Waals surface area contributed by atoms with Crippen LogP contribution < -0.4 is 0 Å². The van der Waals surface area contributed by atoms with E-state index < -0.39 is 0 Å². The molecule has 4 nitrogen and oxygen atoms in total. The van der Waals surface area contributed by atoms with Crippen LogP contribution in [0.25, 0.3) is 0 Å². The zero-order valence-corrected chi connectivity index (χ0v) is 13.6. The monoisotopic (exact) mass is 304 g/mol. The maximum Gasteiger partial charge on any atom is 0.225 e. The highest BCUT2D eigenvalue weighted by atomic mass is 16.2. The summed E-state index contributed by atoms with van der Waals surface area (Å²) < 4.78 is 0. The third kappa shape index (κ3) is 3.02. The molecule has 4 fully saturated rings. The predicted octanol–water partition coefficient (Wildman–Crippen LogP) is 2.43. The Morgan fingerprint density at radius 3 is 2.32 bits per heavy atom. The average Bonchev–Trinajstić information content (AvgIpc) is 3.39. The zero-order chi connectivity index (χ0) is 15.2. The molecule has 0 N–H and O–H groups in total. The zero-order valence-electron chi connectivity index (χ0n) is 13.6. The molecule has 0 radical (unpaired) electrons. The number of carbonyl (C=O) groups is 2. The molecule has 2 heterocycles. The molecule has 2 saturated heterocycles. The van der Waals surface area contributed by atoms with Gasteiger partial charge in [-0.1, -0.05) is 0 Å². The molecular weight excluding hydrogens is 276 g/mol. The molecule has 0 atom stereocenters. The summed E-state index contributed by atoms with van der Waals surface area (Å²) in [5.41, 5.74) is 0.328. The number of piperidine rings is 1. The first kappa shape index (κ1) is 14.5. The van der Waals surface area contributed by atoms with Crippen molar-refractivity contribution < 1.29 is 9.59 Å². The third-order valence-corrected chi connectivity index (χ3v) is 6.37. The summed E-state index contributed by atoms with van der Waals surface area (Å²) in [6.45, 7) is 3.80. The van der Waals surface area contributed by atoms with Crippen LogP contribution in [0.2, 0.25) is 0 Å². The van der Waals surface area contributed by atoms with Crippen molar-refractivity contribution in [3.05, 3.63) is 0 Å². The first-order valence-electron chi connectivity index (χ1n) is 9.22. The van der Waals surface area contributed by atoms with Crippen molar-refractivity contribution in [1.29, 1.82) is 0 Å². The molecule has 0 aromatic rings. The molecule has 2 amide bonds. The Kier molecular flexibility index (Phi) is 3.66. The largest absolute Gasteiger partial charge is 0.342 e. The highest BCUT2D eigenvalue weighted by molar-refractivity contribution is 5.81. The van der Waals surface area contributed by atoms with Crippen LogP contribution in [0.5, 0.6) is 0 Å². The highest BCUT2D eigenvalue weighted by Gasteiger charge is 2.41. The van der Waals surface area contributed by atoms with Gasteiger partial charge in [-0.3, -0.25) is 9.59 Å². The van der Waals surface area contributed by atoms with Crippen molar-refractivity contribution in [2.45, 2.75) is 57.8 Å². The molecule has 2 aliphatic carbocycles. The van der Waals surface area contributed by atoms with Crippen molar-refractivity contribution >= 4 is 11.8 Å². The molecule has 1 spiro atoms. The predicted molar refractivity (Wildman–Crippen MR) is 84.1 cm³/mol. The Morgan fingerprint density at radius 2 is 1.68 bits per heavy atom. The minimum Gasteiger partial charge on any atom is -0.342 e. The van der Waals surface area contributed by atoms with Crippen LogP contribution in [0.4, 0.5) is 0 Å². The standard InChI is InChI=1S/C18H28N2O2/c21-16-5-6-18(9-12-20(16)13-14-1-2-14)7-10-19(11-8-18)17(22)15-3-4-15/h14-15H,1-13H2. The van der Waals surface area contributed by atoms with E-state index in [-0.39, 0.29) is 0 Å². The summed E-state index contributed by atoms with van der Waals surface area (Å²) >= 11 is 0. The number of hydrogen-bond donors (Lipinski definition) is 0. The van der Waals surface area contributed by atoms with Gasteiger partial charge in [-0.05, 0) is 62.7 Å². The molecule has 4 heteroatoms. The van der Waals surface area contributed by atoms with E-state index in [1.165, 1.54) is 12.8 Å². The van der Waals surface area contributed by atoms with E-state index in [0.29, 0.717) is 23.1 Å². The van der Waals surface area contributed by atoms with E-state index in [1.54, 1.807) is 0 Å². The number of carbonyl (C=O) groups excluding carboxylic acids is 2. The minimum absolute atomic E-state index is 0.328. The normalized spacial score (nSPS) is 28.8. The molecule has 0 aromatic carbocycles. The fourth-order valence-electron chi connectivity index (χ4n) is 4.25. The molecule has 22 heavy (non-hydrogen) atoms. The second-order valence-corrected chi connectivity index (χ2v) is 8.13. The molecule has 122 valence electrons. The minimum atomic E-state index is 0.328. The van der Waals surface area contributed by atoms with Crippen molar-refractivity contribution in [1.82, 2.24) is 9.80 Å². The lowest BCUT2D eigenvalue weighted by Gasteiger charge is -2.41. The fourth-order valence-corrected chi connectivity index (χ4v) is 4.25. The van der Waals surface area contributed by atoms with Gasteiger partial charge in [0.05, 0.1) is 0 Å². The maximum atomic E-state index is 12.3. The van der Waals surface area contributed by atoms with Crippen LogP contribution in [-0.2, 0) is 9.59 Å². The van der Waals surface area contributed by atoms with E-state index in [0.717, 1.165) is 77.0 Å². The van der Waals surface area contributed by atoms with Crippen LogP contribution in [0.3, 0.4) is 0 Å². The van der Waals surface area contributed by atoms with Crippen LogP contribution in [0, 0.1) is 17.3 Å². The van der Waals surface area contributed by atoms with Gasteiger partial charge < -0.3 is 9.80 Å². The Bertz CT molecular complexity index is 460. The topological polar surface area (TPSA) is 40.6 Å². The Balaban J connectivity index is 1.34. The van der Waals surface area contributed by atoms with Crippen LogP contribution in [0.1, 0.15) is 57.8 Å². The SMILES string of the molecule is O=C1CCC2(CCN1CC1CC1)CCN(C(=O)C1CC1)CC2. The van der Waals surface area contributed by atoms with E-state index >= 15 is 0 Å². The molecule has 0 aromatic heterocycles. The Morgan fingerprint density at radius 1 is 1.00 bits per heavy atom. The summed E-state index contributed by atoms with van der Waals surface area (Å²) in [5, 5.41) is 0. The molecule has 2 saturated carbocycles. The second kappa shape index (κ2) is 5.54. The van der Waals surface area contributed by atoms with Crippen LogP contribution >= 0.6 is 0 Å². The van der Waals surface area contributed by atoms with Crippen LogP contribution in [-0.4, -0.2) is 47.8 Å². The highest BCUT2D eigenvalue weighted by Crippen LogP contribution is 2.43. The number of hydrogen-bond acceptors (Lipinski definition) is 2. The van der Waals surface area contributed by atoms with E-state index in [2.05, 4.69) is 9.80 Å². The van der Waals surface area contributed by atoms with Crippen LogP contribution in [0.15, 0.2) is 0 Å². The van der Waals surface area contributed by atoms with Gasteiger partial charge in [0.25, 0.3) is 0 Å². The first-order valence-corrected chi connectivity index (χ1v) is 9.22. The summed E-state index contributed by atoms with van der Waals surface area (Å²) in [6.07, 6.45) is 9.96. The number of amides is 2. The van der Waals surface area contributed by atoms with Gasteiger partial charge in [0.1, 0.15) is 0 Å². The summed E-state index contributed by atoms with van der Waals surface area (Å²) in [6, 6.07) is 0. The van der Waals surface area contributed by atoms with E-state index in [4.69, 9.17) is 0 Å².